The molecule has 1 aromatic carbocycles. The molecule has 0 aromatic heterocycles. The van der Waals surface area contributed by atoms with Gasteiger partial charge in [0.05, 0.1) is 18.5 Å². The lowest BCUT2D eigenvalue weighted by atomic mass is 9.92. The van der Waals surface area contributed by atoms with Crippen molar-refractivity contribution in [2.75, 3.05) is 18.6 Å². The lowest BCUT2D eigenvalue weighted by molar-refractivity contribution is -0.149. The van der Waals surface area contributed by atoms with Gasteiger partial charge in [-0.1, -0.05) is 6.07 Å². The van der Waals surface area contributed by atoms with E-state index in [9.17, 15) is 9.59 Å². The summed E-state index contributed by atoms with van der Waals surface area (Å²) in [7, 11) is 1.28. The van der Waals surface area contributed by atoms with Crippen molar-refractivity contribution in [3.05, 3.63) is 23.8 Å². The predicted octanol–water partition coefficient (Wildman–Crippen LogP) is 0.461. The normalized spacial score (nSPS) is 13.4. The average molecular weight is 265 g/mol. The number of nitrogen functional groups attached to an aromatic ring is 2. The highest BCUT2D eigenvalue weighted by molar-refractivity contribution is 5.87. The summed E-state index contributed by atoms with van der Waals surface area (Å²) in [4.78, 5) is 23.1. The third-order valence-electron chi connectivity index (χ3n) is 2.80. The summed E-state index contributed by atoms with van der Waals surface area (Å²) < 4.78 is 4.73. The molecule has 5 N–H and O–H groups in total. The topological polar surface area (TPSA) is 107 Å². The van der Waals surface area contributed by atoms with Gasteiger partial charge >= 0.3 is 5.97 Å². The van der Waals surface area contributed by atoms with Gasteiger partial charge in [-0.05, 0) is 24.6 Å². The summed E-state index contributed by atoms with van der Waals surface area (Å²) >= 11 is 0. The maximum absolute atomic E-state index is 11.8. The Balaban J connectivity index is 3.03. The largest absolute Gasteiger partial charge is 0.467 e. The van der Waals surface area contributed by atoms with Crippen LogP contribution in [-0.2, 0) is 20.7 Å². The van der Waals surface area contributed by atoms with Crippen LogP contribution in [0.5, 0.6) is 0 Å². The molecule has 19 heavy (non-hydrogen) atoms. The van der Waals surface area contributed by atoms with Crippen molar-refractivity contribution in [3.63, 3.8) is 0 Å². The van der Waals surface area contributed by atoms with Crippen molar-refractivity contribution in [2.45, 2.75) is 25.8 Å². The van der Waals surface area contributed by atoms with Gasteiger partial charge in [-0.2, -0.15) is 0 Å². The van der Waals surface area contributed by atoms with Crippen LogP contribution < -0.4 is 16.8 Å². The Hall–Kier alpha value is -2.24. The van der Waals surface area contributed by atoms with E-state index in [2.05, 4.69) is 5.32 Å². The van der Waals surface area contributed by atoms with Gasteiger partial charge in [0.1, 0.15) is 5.54 Å². The summed E-state index contributed by atoms with van der Waals surface area (Å²) in [6.45, 7) is 2.95. The second-order valence-electron chi connectivity index (χ2n) is 4.64. The molecule has 104 valence electrons. The summed E-state index contributed by atoms with van der Waals surface area (Å²) in [6, 6.07) is 5.10. The van der Waals surface area contributed by atoms with Crippen LogP contribution in [0.1, 0.15) is 19.4 Å². The van der Waals surface area contributed by atoms with Crippen LogP contribution in [0.2, 0.25) is 0 Å². The van der Waals surface area contributed by atoms with Gasteiger partial charge in [0.25, 0.3) is 0 Å². The predicted molar refractivity (Wildman–Crippen MR) is 73.2 cm³/mol. The van der Waals surface area contributed by atoms with Gasteiger partial charge in [-0.25, -0.2) is 4.79 Å². The van der Waals surface area contributed by atoms with Crippen molar-refractivity contribution in [1.82, 2.24) is 5.32 Å². The molecule has 0 saturated heterocycles. The van der Waals surface area contributed by atoms with Crippen LogP contribution in [0.3, 0.4) is 0 Å². The fourth-order valence-corrected chi connectivity index (χ4v) is 1.92. The third-order valence-corrected chi connectivity index (χ3v) is 2.80. The number of rotatable bonds is 4. The monoisotopic (exact) mass is 265 g/mol. The number of carbonyl (C=O) groups excluding carboxylic acids is 2. The highest BCUT2D eigenvalue weighted by atomic mass is 16.5. The molecule has 1 aromatic rings. The number of hydrogen-bond donors (Lipinski definition) is 3. The first-order valence-corrected chi connectivity index (χ1v) is 5.79. The summed E-state index contributed by atoms with van der Waals surface area (Å²) in [5, 5.41) is 2.60. The first-order valence-electron chi connectivity index (χ1n) is 5.79. The highest BCUT2D eigenvalue weighted by Crippen LogP contribution is 2.21. The number of ether oxygens (including phenoxy) is 1. The average Bonchev–Trinajstić information content (AvgIpc) is 2.31. The van der Waals surface area contributed by atoms with Crippen molar-refractivity contribution >= 4 is 23.3 Å². The molecule has 0 unspecified atom stereocenters. The first-order chi connectivity index (χ1) is 8.78. The van der Waals surface area contributed by atoms with Gasteiger partial charge in [-0.15, -0.1) is 0 Å². The van der Waals surface area contributed by atoms with E-state index in [1.54, 1.807) is 25.1 Å². The van der Waals surface area contributed by atoms with E-state index in [0.717, 1.165) is 5.56 Å². The molecular formula is C13H19N3O3. The summed E-state index contributed by atoms with van der Waals surface area (Å²) in [5.74, 6) is -0.825. The first kappa shape index (κ1) is 14.8. The molecule has 0 spiro atoms. The maximum atomic E-state index is 11.8. The van der Waals surface area contributed by atoms with Crippen molar-refractivity contribution in [2.24, 2.45) is 0 Å². The molecule has 6 heteroatoms. The minimum absolute atomic E-state index is 0.268. The molecule has 0 bridgehead atoms. The number of hydrogen-bond acceptors (Lipinski definition) is 5. The Labute approximate surface area is 112 Å². The van der Waals surface area contributed by atoms with E-state index in [0.29, 0.717) is 11.4 Å². The van der Waals surface area contributed by atoms with Gasteiger partial charge in [0.2, 0.25) is 5.91 Å². The SMILES string of the molecule is COC(=O)[C@@](C)(Cc1ccc(N)c(N)c1)NC(C)=O. The zero-order valence-electron chi connectivity index (χ0n) is 11.3. The third kappa shape index (κ3) is 3.61. The van der Waals surface area contributed by atoms with E-state index < -0.39 is 11.5 Å². The van der Waals surface area contributed by atoms with Crippen molar-refractivity contribution in [3.8, 4) is 0 Å². The molecule has 1 rings (SSSR count). The highest BCUT2D eigenvalue weighted by Gasteiger charge is 2.35. The number of carbonyl (C=O) groups is 2. The van der Waals surface area contributed by atoms with Crippen molar-refractivity contribution in [1.29, 1.82) is 0 Å². The Morgan fingerprint density at radius 3 is 2.42 bits per heavy atom. The number of anilines is 2. The summed E-state index contributed by atoms with van der Waals surface area (Å²) in [5.41, 5.74) is 11.9. The molecule has 0 aliphatic carbocycles. The molecule has 0 radical (unpaired) electrons. The van der Waals surface area contributed by atoms with Crippen molar-refractivity contribution < 1.29 is 14.3 Å². The second kappa shape index (κ2) is 5.60. The van der Waals surface area contributed by atoms with E-state index >= 15 is 0 Å². The molecule has 1 atom stereocenters. The lowest BCUT2D eigenvalue weighted by Crippen LogP contribution is -2.53. The number of benzene rings is 1. The minimum Gasteiger partial charge on any atom is -0.467 e. The summed E-state index contributed by atoms with van der Waals surface area (Å²) in [6.07, 6.45) is 0.268. The number of nitrogens with two attached hydrogens (primary N) is 2. The fourth-order valence-electron chi connectivity index (χ4n) is 1.92. The van der Waals surface area contributed by atoms with Gasteiger partial charge < -0.3 is 21.5 Å². The Kier molecular flexibility index (Phi) is 4.37. The van der Waals surface area contributed by atoms with Crippen LogP contribution in [-0.4, -0.2) is 24.5 Å². The Morgan fingerprint density at radius 2 is 1.95 bits per heavy atom. The van der Waals surface area contributed by atoms with Crippen LogP contribution in [0.4, 0.5) is 11.4 Å². The quantitative estimate of drug-likeness (QED) is 0.541. The van der Waals surface area contributed by atoms with E-state index in [4.69, 9.17) is 16.2 Å². The maximum Gasteiger partial charge on any atom is 0.331 e. The Morgan fingerprint density at radius 1 is 1.32 bits per heavy atom. The molecule has 0 heterocycles. The second-order valence-corrected chi connectivity index (χ2v) is 4.64. The molecule has 0 aliphatic heterocycles. The molecule has 0 aliphatic rings. The van der Waals surface area contributed by atoms with E-state index in [1.807, 2.05) is 0 Å². The number of esters is 1. The molecule has 0 fully saturated rings. The standard InChI is InChI=1S/C13H19N3O3/c1-8(17)16-13(2,12(18)19-3)7-9-4-5-10(14)11(15)6-9/h4-6H,7,14-15H2,1-3H3,(H,16,17)/t13-/m1/s1. The molecule has 6 nitrogen and oxygen atoms in total. The number of amides is 1. The fraction of sp³-hybridized carbons (Fsp3) is 0.385. The lowest BCUT2D eigenvalue weighted by Gasteiger charge is -2.27. The zero-order chi connectivity index (χ0) is 14.6. The van der Waals surface area contributed by atoms with Gasteiger partial charge in [-0.3, -0.25) is 4.79 Å². The Bertz CT molecular complexity index is 502. The van der Waals surface area contributed by atoms with Crippen LogP contribution in [0, 0.1) is 0 Å². The minimum atomic E-state index is -1.14. The smallest absolute Gasteiger partial charge is 0.331 e. The molecular weight excluding hydrogens is 246 g/mol. The van der Waals surface area contributed by atoms with E-state index in [-0.39, 0.29) is 12.3 Å². The number of methoxy groups -OCH3 is 1. The molecule has 0 saturated carbocycles. The zero-order valence-corrected chi connectivity index (χ0v) is 11.3. The molecule has 1 amide bonds. The van der Waals surface area contributed by atoms with Gasteiger partial charge in [0.15, 0.2) is 0 Å². The van der Waals surface area contributed by atoms with E-state index in [1.165, 1.54) is 14.0 Å². The van der Waals surface area contributed by atoms with Crippen LogP contribution in [0.15, 0.2) is 18.2 Å². The van der Waals surface area contributed by atoms with Crippen LogP contribution in [0.25, 0.3) is 0 Å². The van der Waals surface area contributed by atoms with Gasteiger partial charge in [0, 0.05) is 13.3 Å². The number of nitrogens with one attached hydrogen (secondary N) is 1. The van der Waals surface area contributed by atoms with Crippen LogP contribution >= 0.6 is 0 Å².